The summed E-state index contributed by atoms with van der Waals surface area (Å²) in [7, 11) is 0. The molecule has 0 radical (unpaired) electrons. The smallest absolute Gasteiger partial charge is 0.312 e. The molecule has 2 heterocycles. The lowest BCUT2D eigenvalue weighted by Crippen LogP contribution is -2.54. The van der Waals surface area contributed by atoms with Gasteiger partial charge in [-0.15, -0.1) is 0 Å². The first kappa shape index (κ1) is 31.1. The maximum atomic E-state index is 13.2. The summed E-state index contributed by atoms with van der Waals surface area (Å²) in [6.07, 6.45) is 2.55. The van der Waals surface area contributed by atoms with E-state index in [2.05, 4.69) is 58.4 Å². The van der Waals surface area contributed by atoms with Crippen LogP contribution < -0.4 is 0 Å². The third-order valence-electron chi connectivity index (χ3n) is 10.0. The van der Waals surface area contributed by atoms with E-state index in [0.29, 0.717) is 24.2 Å². The summed E-state index contributed by atoms with van der Waals surface area (Å²) in [5, 5.41) is 32.7. The van der Waals surface area contributed by atoms with Crippen molar-refractivity contribution in [2.75, 3.05) is 19.6 Å². The minimum atomic E-state index is -1.55. The molecule has 2 aliphatic heterocycles. The van der Waals surface area contributed by atoms with E-state index in [1.807, 2.05) is 12.1 Å². The van der Waals surface area contributed by atoms with Gasteiger partial charge in [0.25, 0.3) is 5.69 Å². The van der Waals surface area contributed by atoms with Crippen molar-refractivity contribution >= 4 is 23.3 Å². The average molecular weight is 598 g/mol. The highest BCUT2D eigenvalue weighted by Gasteiger charge is 2.58. The van der Waals surface area contributed by atoms with Crippen LogP contribution in [0.2, 0.25) is 0 Å². The molecule has 9 nitrogen and oxygen atoms in total. The van der Waals surface area contributed by atoms with Crippen LogP contribution in [-0.2, 0) is 15.0 Å². The first-order chi connectivity index (χ1) is 21.1. The number of aliphatic carboxylic acids is 2. The first-order valence-corrected chi connectivity index (χ1v) is 15.2. The standard InChI is InChI=1S/C35H39N3O6/c1-24-30(32(39)40)31(26-11-9-16-29(23-26)38(43)44)35(33(41)42,25(2)36-24)17-10-20-37-21-18-34(19-22-37,27-12-5-3-6-13-27)28-14-7-4-8-15-28/h3-9,11-16,23,25,30-31H,10,17-22H2,1-2H3,(H,39,40)(H,41,42). The normalized spacial score (nSPS) is 25.1. The van der Waals surface area contributed by atoms with Crippen molar-refractivity contribution < 1.29 is 24.7 Å². The van der Waals surface area contributed by atoms with Gasteiger partial charge in [-0.1, -0.05) is 72.8 Å². The van der Waals surface area contributed by atoms with E-state index in [4.69, 9.17) is 0 Å². The van der Waals surface area contributed by atoms with Crippen LogP contribution in [-0.4, -0.2) is 63.4 Å². The van der Waals surface area contributed by atoms with Gasteiger partial charge in [-0.25, -0.2) is 0 Å². The number of nitrogens with zero attached hydrogens (tertiary/aromatic N) is 3. The third-order valence-corrected chi connectivity index (χ3v) is 10.0. The summed E-state index contributed by atoms with van der Waals surface area (Å²) in [5.74, 6) is -4.55. The van der Waals surface area contributed by atoms with Crippen molar-refractivity contribution in [2.45, 2.75) is 56.9 Å². The zero-order chi connectivity index (χ0) is 31.5. The summed E-state index contributed by atoms with van der Waals surface area (Å²) in [6.45, 7) is 5.65. The van der Waals surface area contributed by atoms with Crippen LogP contribution in [0.5, 0.6) is 0 Å². The molecular formula is C35H39N3O6. The summed E-state index contributed by atoms with van der Waals surface area (Å²) in [5.41, 5.74) is 1.39. The van der Waals surface area contributed by atoms with E-state index in [1.54, 1.807) is 19.9 Å². The lowest BCUT2D eigenvalue weighted by atomic mass is 9.58. The van der Waals surface area contributed by atoms with Crippen molar-refractivity contribution in [3.05, 3.63) is 112 Å². The quantitative estimate of drug-likeness (QED) is 0.211. The molecular weight excluding hydrogens is 558 g/mol. The maximum Gasteiger partial charge on any atom is 0.312 e. The van der Waals surface area contributed by atoms with Gasteiger partial charge in [0.15, 0.2) is 0 Å². The van der Waals surface area contributed by atoms with Crippen LogP contribution in [0, 0.1) is 21.4 Å². The fraction of sp³-hybridized carbons (Fsp3) is 0.400. The Hall–Kier alpha value is -4.37. The molecule has 2 aliphatic rings. The van der Waals surface area contributed by atoms with E-state index in [9.17, 15) is 29.9 Å². The number of non-ortho nitro benzene ring substituents is 1. The molecule has 230 valence electrons. The van der Waals surface area contributed by atoms with Crippen molar-refractivity contribution in [3.8, 4) is 0 Å². The van der Waals surface area contributed by atoms with Gasteiger partial charge in [-0.2, -0.15) is 0 Å². The minimum absolute atomic E-state index is 0.104. The number of aliphatic imine (C=N–C) groups is 1. The number of carboxylic acid groups (broad SMARTS) is 2. The van der Waals surface area contributed by atoms with Crippen molar-refractivity contribution in [2.24, 2.45) is 16.3 Å². The van der Waals surface area contributed by atoms with Crippen LogP contribution in [0.4, 0.5) is 5.69 Å². The van der Waals surface area contributed by atoms with Crippen LogP contribution in [0.3, 0.4) is 0 Å². The summed E-state index contributed by atoms with van der Waals surface area (Å²) < 4.78 is 0. The molecule has 5 rings (SSSR count). The number of rotatable bonds is 10. The Morgan fingerprint density at radius 1 is 0.955 bits per heavy atom. The number of nitro benzene ring substituents is 1. The highest BCUT2D eigenvalue weighted by Crippen LogP contribution is 2.52. The second kappa shape index (κ2) is 12.7. The molecule has 9 heteroatoms. The Bertz CT molecular complexity index is 1490. The van der Waals surface area contributed by atoms with Gasteiger partial charge in [0, 0.05) is 29.2 Å². The van der Waals surface area contributed by atoms with Crippen molar-refractivity contribution in [3.63, 3.8) is 0 Å². The molecule has 0 bridgehead atoms. The molecule has 1 fully saturated rings. The predicted molar refractivity (Wildman–Crippen MR) is 168 cm³/mol. The largest absolute Gasteiger partial charge is 0.481 e. The molecule has 3 aromatic rings. The number of piperidine rings is 1. The fourth-order valence-corrected chi connectivity index (χ4v) is 7.74. The predicted octanol–water partition coefficient (Wildman–Crippen LogP) is 6.18. The molecule has 0 spiro atoms. The Morgan fingerprint density at radius 2 is 1.55 bits per heavy atom. The lowest BCUT2D eigenvalue weighted by molar-refractivity contribution is -0.385. The van der Waals surface area contributed by atoms with Crippen LogP contribution in [0.25, 0.3) is 0 Å². The molecule has 3 aromatic carbocycles. The Kier molecular flexibility index (Phi) is 8.97. The van der Waals surface area contributed by atoms with E-state index in [1.165, 1.54) is 29.3 Å². The second-order valence-electron chi connectivity index (χ2n) is 12.2. The molecule has 0 saturated carbocycles. The molecule has 2 N–H and O–H groups in total. The van der Waals surface area contributed by atoms with Crippen LogP contribution in [0.15, 0.2) is 89.9 Å². The number of hydrogen-bond donors (Lipinski definition) is 2. The fourth-order valence-electron chi connectivity index (χ4n) is 7.74. The second-order valence-corrected chi connectivity index (χ2v) is 12.2. The van der Waals surface area contributed by atoms with Crippen molar-refractivity contribution in [1.82, 2.24) is 4.90 Å². The summed E-state index contributed by atoms with van der Waals surface area (Å²) in [4.78, 5) is 43.8. The summed E-state index contributed by atoms with van der Waals surface area (Å²) in [6, 6.07) is 26.2. The lowest BCUT2D eigenvalue weighted by Gasteiger charge is -2.47. The van der Waals surface area contributed by atoms with E-state index in [0.717, 1.165) is 25.9 Å². The number of benzene rings is 3. The van der Waals surface area contributed by atoms with Crippen LogP contribution in [0.1, 0.15) is 62.1 Å². The Labute approximate surface area is 257 Å². The number of likely N-dealkylation sites (tertiary alicyclic amines) is 1. The molecule has 0 aromatic heterocycles. The Morgan fingerprint density at radius 3 is 2.07 bits per heavy atom. The van der Waals surface area contributed by atoms with Gasteiger partial charge in [0.05, 0.1) is 16.4 Å². The molecule has 0 amide bonds. The van der Waals surface area contributed by atoms with E-state index >= 15 is 0 Å². The van der Waals surface area contributed by atoms with E-state index in [-0.39, 0.29) is 17.5 Å². The van der Waals surface area contributed by atoms with Gasteiger partial charge in [-0.3, -0.25) is 24.7 Å². The maximum absolute atomic E-state index is 13.2. The van der Waals surface area contributed by atoms with E-state index < -0.39 is 40.2 Å². The van der Waals surface area contributed by atoms with Crippen LogP contribution >= 0.6 is 0 Å². The van der Waals surface area contributed by atoms with Gasteiger partial charge in [0.1, 0.15) is 5.92 Å². The number of carboxylic acids is 2. The molecule has 4 unspecified atom stereocenters. The minimum Gasteiger partial charge on any atom is -0.481 e. The molecule has 4 atom stereocenters. The third kappa shape index (κ3) is 5.64. The number of nitro groups is 1. The molecule has 44 heavy (non-hydrogen) atoms. The zero-order valence-electron chi connectivity index (χ0n) is 25.1. The van der Waals surface area contributed by atoms with Gasteiger partial charge >= 0.3 is 11.9 Å². The van der Waals surface area contributed by atoms with Gasteiger partial charge < -0.3 is 15.1 Å². The monoisotopic (exact) mass is 597 g/mol. The first-order valence-electron chi connectivity index (χ1n) is 15.2. The Balaban J connectivity index is 1.40. The molecule has 1 saturated heterocycles. The SMILES string of the molecule is CC1=NC(C)C(CCCN2CCC(c3ccccc3)(c3ccccc3)CC2)(C(=O)O)C(c2cccc([N+](=O)[O-])c2)C1C(=O)O. The summed E-state index contributed by atoms with van der Waals surface area (Å²) >= 11 is 0. The van der Waals surface area contributed by atoms with Gasteiger partial charge in [-0.05, 0) is 75.9 Å². The topological polar surface area (TPSA) is 133 Å². The highest BCUT2D eigenvalue weighted by atomic mass is 16.6. The number of carbonyl (C=O) groups is 2. The average Bonchev–Trinajstić information content (AvgIpc) is 3.02. The van der Waals surface area contributed by atoms with Gasteiger partial charge in [0.2, 0.25) is 0 Å². The van der Waals surface area contributed by atoms with Crippen molar-refractivity contribution in [1.29, 1.82) is 0 Å². The molecule has 0 aliphatic carbocycles. The number of hydrogen-bond acceptors (Lipinski definition) is 6. The zero-order valence-corrected chi connectivity index (χ0v) is 25.1. The highest BCUT2D eigenvalue weighted by molar-refractivity contribution is 6.03.